The molecule has 3 amide bonds. The first-order chi connectivity index (χ1) is 12.2. The Morgan fingerprint density at radius 1 is 1.08 bits per heavy atom. The Bertz CT molecular complexity index is 666. The van der Waals surface area contributed by atoms with Crippen molar-refractivity contribution in [2.24, 2.45) is 5.92 Å². The van der Waals surface area contributed by atoms with Gasteiger partial charge in [-0.05, 0) is 43.4 Å². The number of likely N-dealkylation sites (tertiary alicyclic amines) is 1. The third-order valence-corrected chi connectivity index (χ3v) is 4.96. The zero-order valence-electron chi connectivity index (χ0n) is 14.1. The molecule has 0 unspecified atom stereocenters. The maximum absolute atomic E-state index is 12.1. The standard InChI is InChI=1S/C18H23N3O4/c22-17(13-2-3-13)21-7-5-14(6-8-21)20-18(23)19-10-12-1-4-15-16(9-12)25-11-24-15/h1,4,9,13-14H,2-3,5-8,10-11H2,(H2,19,20,23). The second-order valence-electron chi connectivity index (χ2n) is 6.89. The minimum absolute atomic E-state index is 0.125. The van der Waals surface area contributed by atoms with Crippen LogP contribution in [0.2, 0.25) is 0 Å². The lowest BCUT2D eigenvalue weighted by Gasteiger charge is -2.32. The van der Waals surface area contributed by atoms with E-state index in [0.717, 1.165) is 50.1 Å². The minimum Gasteiger partial charge on any atom is -0.454 e. The highest BCUT2D eigenvalue weighted by Crippen LogP contribution is 2.33. The second kappa shape index (κ2) is 6.82. The van der Waals surface area contributed by atoms with E-state index in [1.54, 1.807) is 0 Å². The molecule has 0 aromatic heterocycles. The van der Waals surface area contributed by atoms with Gasteiger partial charge < -0.3 is 25.0 Å². The van der Waals surface area contributed by atoms with Crippen molar-refractivity contribution in [2.45, 2.75) is 38.3 Å². The van der Waals surface area contributed by atoms with E-state index >= 15 is 0 Å². The lowest BCUT2D eigenvalue weighted by atomic mass is 10.0. The SMILES string of the molecule is O=C(NCc1ccc2c(c1)OCO2)NC1CCN(C(=O)C2CC2)CC1. The summed E-state index contributed by atoms with van der Waals surface area (Å²) in [6, 6.07) is 5.59. The summed E-state index contributed by atoms with van der Waals surface area (Å²) in [6.45, 7) is 2.15. The van der Waals surface area contributed by atoms with Crippen molar-refractivity contribution in [3.8, 4) is 11.5 Å². The van der Waals surface area contributed by atoms with E-state index < -0.39 is 0 Å². The highest BCUT2D eigenvalue weighted by molar-refractivity contribution is 5.81. The molecule has 0 spiro atoms. The number of hydrogen-bond donors (Lipinski definition) is 2. The summed E-state index contributed by atoms with van der Waals surface area (Å²) < 4.78 is 10.6. The summed E-state index contributed by atoms with van der Waals surface area (Å²) in [6.07, 6.45) is 3.71. The molecule has 7 heteroatoms. The number of rotatable bonds is 4. The van der Waals surface area contributed by atoms with Gasteiger partial charge in [0.15, 0.2) is 11.5 Å². The van der Waals surface area contributed by atoms with Crippen LogP contribution < -0.4 is 20.1 Å². The molecule has 0 bridgehead atoms. The normalized spacial score (nSPS) is 19.6. The molecule has 1 aliphatic carbocycles. The number of carbonyl (C=O) groups excluding carboxylic acids is 2. The first-order valence-corrected chi connectivity index (χ1v) is 8.91. The van der Waals surface area contributed by atoms with E-state index in [2.05, 4.69) is 10.6 Å². The van der Waals surface area contributed by atoms with Crippen LogP contribution in [0, 0.1) is 5.92 Å². The maximum Gasteiger partial charge on any atom is 0.315 e. The van der Waals surface area contributed by atoms with Crippen molar-refractivity contribution in [1.82, 2.24) is 15.5 Å². The summed E-state index contributed by atoms with van der Waals surface area (Å²) in [4.78, 5) is 26.1. The van der Waals surface area contributed by atoms with Crippen LogP contribution >= 0.6 is 0 Å². The van der Waals surface area contributed by atoms with Gasteiger partial charge in [0.1, 0.15) is 0 Å². The summed E-state index contributed by atoms with van der Waals surface area (Å²) in [7, 11) is 0. The molecule has 2 N–H and O–H groups in total. The fraction of sp³-hybridized carbons (Fsp3) is 0.556. The number of benzene rings is 1. The van der Waals surface area contributed by atoms with E-state index in [4.69, 9.17) is 9.47 Å². The second-order valence-corrected chi connectivity index (χ2v) is 6.89. The summed E-state index contributed by atoms with van der Waals surface area (Å²) in [5, 5.41) is 5.87. The average molecular weight is 345 g/mol. The summed E-state index contributed by atoms with van der Waals surface area (Å²) in [5.74, 6) is 2.02. The van der Waals surface area contributed by atoms with Crippen molar-refractivity contribution in [1.29, 1.82) is 0 Å². The Labute approximate surface area is 146 Å². The molecule has 1 saturated heterocycles. The number of carbonyl (C=O) groups is 2. The molecule has 4 rings (SSSR count). The van der Waals surface area contributed by atoms with Crippen LogP contribution in [-0.4, -0.2) is 42.8 Å². The third-order valence-electron chi connectivity index (χ3n) is 4.96. The van der Waals surface area contributed by atoms with Gasteiger partial charge in [0.25, 0.3) is 0 Å². The molecule has 2 fully saturated rings. The molecule has 3 aliphatic rings. The molecule has 1 aromatic rings. The van der Waals surface area contributed by atoms with Crippen molar-refractivity contribution in [3.63, 3.8) is 0 Å². The van der Waals surface area contributed by atoms with Crippen molar-refractivity contribution < 1.29 is 19.1 Å². The van der Waals surface area contributed by atoms with Gasteiger partial charge in [0.05, 0.1) is 0 Å². The first-order valence-electron chi connectivity index (χ1n) is 8.91. The van der Waals surface area contributed by atoms with Crippen LogP contribution in [0.5, 0.6) is 11.5 Å². The smallest absolute Gasteiger partial charge is 0.315 e. The van der Waals surface area contributed by atoms with Crippen LogP contribution in [0.25, 0.3) is 0 Å². The molecule has 2 aliphatic heterocycles. The monoisotopic (exact) mass is 345 g/mol. The van der Waals surface area contributed by atoms with Crippen molar-refractivity contribution in [2.75, 3.05) is 19.9 Å². The average Bonchev–Trinajstić information content (AvgIpc) is 3.37. The van der Waals surface area contributed by atoms with E-state index in [0.29, 0.717) is 18.2 Å². The van der Waals surface area contributed by atoms with Gasteiger partial charge in [-0.1, -0.05) is 6.07 Å². The van der Waals surface area contributed by atoms with E-state index in [1.807, 2.05) is 23.1 Å². The Morgan fingerprint density at radius 3 is 2.60 bits per heavy atom. The Balaban J connectivity index is 1.20. The summed E-state index contributed by atoms with van der Waals surface area (Å²) >= 11 is 0. The predicted molar refractivity (Wildman–Crippen MR) is 90.3 cm³/mol. The first kappa shape index (κ1) is 16.1. The van der Waals surface area contributed by atoms with Crippen molar-refractivity contribution in [3.05, 3.63) is 23.8 Å². The number of fused-ring (bicyclic) bond motifs is 1. The topological polar surface area (TPSA) is 79.9 Å². The maximum atomic E-state index is 12.1. The highest BCUT2D eigenvalue weighted by atomic mass is 16.7. The quantitative estimate of drug-likeness (QED) is 0.869. The Morgan fingerprint density at radius 2 is 1.84 bits per heavy atom. The minimum atomic E-state index is -0.176. The Hall–Kier alpha value is -2.44. The number of hydrogen-bond acceptors (Lipinski definition) is 4. The molecular weight excluding hydrogens is 322 g/mol. The number of urea groups is 1. The fourth-order valence-corrected chi connectivity index (χ4v) is 3.30. The van der Waals surface area contributed by atoms with E-state index in [-0.39, 0.29) is 24.8 Å². The molecule has 0 atom stereocenters. The molecule has 1 aromatic carbocycles. The van der Waals surface area contributed by atoms with Gasteiger partial charge in [-0.25, -0.2) is 4.79 Å². The van der Waals surface area contributed by atoms with Crippen LogP contribution in [0.15, 0.2) is 18.2 Å². The molecule has 2 heterocycles. The molecular formula is C18H23N3O4. The Kier molecular flexibility index (Phi) is 4.38. The molecule has 25 heavy (non-hydrogen) atoms. The van der Waals surface area contributed by atoms with Crippen LogP contribution in [0.3, 0.4) is 0 Å². The van der Waals surface area contributed by atoms with Crippen LogP contribution in [0.1, 0.15) is 31.2 Å². The number of piperidine rings is 1. The van der Waals surface area contributed by atoms with Crippen LogP contribution in [0.4, 0.5) is 4.79 Å². The highest BCUT2D eigenvalue weighted by Gasteiger charge is 2.35. The number of nitrogens with zero attached hydrogens (tertiary/aromatic N) is 1. The van der Waals surface area contributed by atoms with Crippen molar-refractivity contribution >= 4 is 11.9 Å². The fourth-order valence-electron chi connectivity index (χ4n) is 3.30. The van der Waals surface area contributed by atoms with Gasteiger partial charge in [0.2, 0.25) is 12.7 Å². The molecule has 7 nitrogen and oxygen atoms in total. The number of nitrogens with one attached hydrogen (secondary N) is 2. The van der Waals surface area contributed by atoms with Gasteiger partial charge in [-0.2, -0.15) is 0 Å². The number of ether oxygens (including phenoxy) is 2. The molecule has 0 radical (unpaired) electrons. The summed E-state index contributed by atoms with van der Waals surface area (Å²) in [5.41, 5.74) is 0.962. The largest absolute Gasteiger partial charge is 0.454 e. The lowest BCUT2D eigenvalue weighted by Crippen LogP contribution is -2.49. The lowest BCUT2D eigenvalue weighted by molar-refractivity contribution is -0.133. The zero-order chi connectivity index (χ0) is 17.2. The molecule has 1 saturated carbocycles. The molecule has 134 valence electrons. The van der Waals surface area contributed by atoms with Gasteiger partial charge in [-0.3, -0.25) is 4.79 Å². The van der Waals surface area contributed by atoms with Gasteiger partial charge in [0, 0.05) is 31.6 Å². The van der Waals surface area contributed by atoms with Crippen LogP contribution in [-0.2, 0) is 11.3 Å². The van der Waals surface area contributed by atoms with E-state index in [9.17, 15) is 9.59 Å². The van der Waals surface area contributed by atoms with Gasteiger partial charge >= 0.3 is 6.03 Å². The third kappa shape index (κ3) is 3.81. The van der Waals surface area contributed by atoms with E-state index in [1.165, 1.54) is 0 Å². The zero-order valence-corrected chi connectivity index (χ0v) is 14.1. The predicted octanol–water partition coefficient (Wildman–Crippen LogP) is 1.62. The van der Waals surface area contributed by atoms with Gasteiger partial charge in [-0.15, -0.1) is 0 Å². The number of amides is 3.